The summed E-state index contributed by atoms with van der Waals surface area (Å²) in [6.45, 7) is 5.74. The van der Waals surface area contributed by atoms with Gasteiger partial charge in [-0.3, -0.25) is 0 Å². The predicted molar refractivity (Wildman–Crippen MR) is 105 cm³/mol. The molecule has 1 aliphatic heterocycles. The molecule has 0 saturated carbocycles. The summed E-state index contributed by atoms with van der Waals surface area (Å²) in [6, 6.07) is 7.88. The van der Waals surface area contributed by atoms with E-state index in [0.29, 0.717) is 26.2 Å². The Hall–Kier alpha value is -1.80. The van der Waals surface area contributed by atoms with Crippen molar-refractivity contribution in [2.75, 3.05) is 25.4 Å². The maximum absolute atomic E-state index is 12.3. The van der Waals surface area contributed by atoms with E-state index in [-0.39, 0.29) is 5.75 Å². The number of sulfone groups is 1. The molecule has 1 saturated heterocycles. The van der Waals surface area contributed by atoms with Gasteiger partial charge >= 0.3 is 0 Å². The lowest BCUT2D eigenvalue weighted by atomic mass is 10.2. The summed E-state index contributed by atoms with van der Waals surface area (Å²) in [5.41, 5.74) is 0. The minimum absolute atomic E-state index is 0.151. The van der Waals surface area contributed by atoms with Crippen LogP contribution in [-0.2, 0) is 22.8 Å². The van der Waals surface area contributed by atoms with Gasteiger partial charge in [-0.2, -0.15) is 0 Å². The minimum Gasteiger partial charge on any atom is -0.469 e. The highest BCUT2D eigenvalue weighted by Crippen LogP contribution is 2.24. The standard InChI is InChI=1S/C18H25N3O3S2/c1-18(2)14-21(9-12-26(18,22)23)17(20-13-16-6-4-11-25-16)19-8-7-15-5-3-10-24-15/h3-6,10-11H,7-9,12-14H2,1-2H3,(H,19,20). The Morgan fingerprint density at radius 3 is 2.88 bits per heavy atom. The van der Waals surface area contributed by atoms with E-state index in [1.165, 1.54) is 4.88 Å². The number of hydrogen-bond donors (Lipinski definition) is 1. The average Bonchev–Trinajstić information content (AvgIpc) is 3.27. The highest BCUT2D eigenvalue weighted by atomic mass is 32.2. The van der Waals surface area contributed by atoms with Gasteiger partial charge in [0.1, 0.15) is 5.76 Å². The van der Waals surface area contributed by atoms with Crippen LogP contribution in [0.1, 0.15) is 24.5 Å². The molecule has 3 rings (SSSR count). The first-order valence-corrected chi connectivity index (χ1v) is 11.2. The molecular weight excluding hydrogens is 370 g/mol. The molecule has 1 aliphatic rings. The van der Waals surface area contributed by atoms with Gasteiger partial charge in [0.2, 0.25) is 0 Å². The molecule has 0 aromatic carbocycles. The zero-order valence-electron chi connectivity index (χ0n) is 15.1. The van der Waals surface area contributed by atoms with Crippen LogP contribution in [0, 0.1) is 0 Å². The van der Waals surface area contributed by atoms with E-state index in [1.807, 2.05) is 23.6 Å². The third-order valence-electron chi connectivity index (χ3n) is 4.54. The smallest absolute Gasteiger partial charge is 0.194 e. The molecule has 0 atom stereocenters. The monoisotopic (exact) mass is 395 g/mol. The minimum atomic E-state index is -3.08. The van der Waals surface area contributed by atoms with Crippen molar-refractivity contribution in [2.24, 2.45) is 4.99 Å². The van der Waals surface area contributed by atoms with Crippen molar-refractivity contribution in [2.45, 2.75) is 31.6 Å². The fourth-order valence-electron chi connectivity index (χ4n) is 2.90. The highest BCUT2D eigenvalue weighted by molar-refractivity contribution is 7.92. The van der Waals surface area contributed by atoms with Crippen molar-refractivity contribution in [1.29, 1.82) is 0 Å². The van der Waals surface area contributed by atoms with E-state index < -0.39 is 14.6 Å². The lowest BCUT2D eigenvalue weighted by molar-refractivity contribution is 0.352. The third kappa shape index (κ3) is 4.48. The maximum Gasteiger partial charge on any atom is 0.194 e. The van der Waals surface area contributed by atoms with Crippen molar-refractivity contribution in [3.05, 3.63) is 46.5 Å². The quantitative estimate of drug-likeness (QED) is 0.622. The van der Waals surface area contributed by atoms with Gasteiger partial charge in [0, 0.05) is 30.9 Å². The van der Waals surface area contributed by atoms with Crippen molar-refractivity contribution in [1.82, 2.24) is 10.2 Å². The second-order valence-electron chi connectivity index (χ2n) is 6.98. The normalized spacial score (nSPS) is 19.5. The Bertz CT molecular complexity index is 825. The Kier molecular flexibility index (Phi) is 5.72. The molecule has 1 N–H and O–H groups in total. The fraction of sp³-hybridized carbons (Fsp3) is 0.500. The first kappa shape index (κ1) is 19.0. The molecule has 26 heavy (non-hydrogen) atoms. The van der Waals surface area contributed by atoms with E-state index in [4.69, 9.17) is 9.41 Å². The van der Waals surface area contributed by atoms with Crippen molar-refractivity contribution < 1.29 is 12.8 Å². The summed E-state index contributed by atoms with van der Waals surface area (Å²) in [5.74, 6) is 1.82. The van der Waals surface area contributed by atoms with Crippen LogP contribution in [0.3, 0.4) is 0 Å². The fourth-order valence-corrected chi connectivity index (χ4v) is 4.89. The summed E-state index contributed by atoms with van der Waals surface area (Å²) in [5, 5.41) is 5.41. The van der Waals surface area contributed by atoms with Gasteiger partial charge < -0.3 is 14.6 Å². The van der Waals surface area contributed by atoms with Gasteiger partial charge in [-0.15, -0.1) is 11.3 Å². The zero-order chi connectivity index (χ0) is 18.6. The molecule has 142 valence electrons. The maximum atomic E-state index is 12.3. The topological polar surface area (TPSA) is 74.9 Å². The number of furan rings is 1. The van der Waals surface area contributed by atoms with Crippen LogP contribution in [0.15, 0.2) is 45.3 Å². The summed E-state index contributed by atoms with van der Waals surface area (Å²) >= 11 is 1.67. The Morgan fingerprint density at radius 1 is 1.38 bits per heavy atom. The van der Waals surface area contributed by atoms with Gasteiger partial charge in [0.15, 0.2) is 15.8 Å². The first-order chi connectivity index (χ1) is 12.4. The van der Waals surface area contributed by atoms with Gasteiger partial charge in [0.25, 0.3) is 0 Å². The molecular formula is C18H25N3O3S2. The Morgan fingerprint density at radius 2 is 2.23 bits per heavy atom. The Labute approximate surface area is 158 Å². The molecule has 8 heteroatoms. The van der Waals surface area contributed by atoms with E-state index in [9.17, 15) is 8.42 Å². The molecule has 0 spiro atoms. The number of guanidine groups is 1. The molecule has 2 aromatic rings. The molecule has 6 nitrogen and oxygen atoms in total. The van der Waals surface area contributed by atoms with Crippen molar-refractivity contribution >= 4 is 27.1 Å². The van der Waals surface area contributed by atoms with E-state index in [2.05, 4.69) is 16.3 Å². The molecule has 2 aromatic heterocycles. The second-order valence-corrected chi connectivity index (χ2v) is 10.8. The molecule has 0 radical (unpaired) electrons. The van der Waals surface area contributed by atoms with Gasteiger partial charge in [-0.1, -0.05) is 6.07 Å². The largest absolute Gasteiger partial charge is 0.469 e. The summed E-state index contributed by atoms with van der Waals surface area (Å²) in [7, 11) is -3.08. The average molecular weight is 396 g/mol. The van der Waals surface area contributed by atoms with Crippen LogP contribution < -0.4 is 5.32 Å². The Balaban J connectivity index is 1.70. The summed E-state index contributed by atoms with van der Waals surface area (Å²) in [4.78, 5) is 7.97. The van der Waals surface area contributed by atoms with Crippen LogP contribution in [0.25, 0.3) is 0 Å². The molecule has 3 heterocycles. The number of rotatable bonds is 5. The lowest BCUT2D eigenvalue weighted by Gasteiger charge is -2.39. The van der Waals surface area contributed by atoms with Crippen LogP contribution in [0.2, 0.25) is 0 Å². The molecule has 0 aliphatic carbocycles. The van der Waals surface area contributed by atoms with Gasteiger partial charge in [-0.05, 0) is 37.4 Å². The number of aliphatic imine (C=N–C) groups is 1. The van der Waals surface area contributed by atoms with E-state index >= 15 is 0 Å². The molecule has 1 fully saturated rings. The number of hydrogen-bond acceptors (Lipinski definition) is 5. The van der Waals surface area contributed by atoms with Crippen LogP contribution >= 0.6 is 11.3 Å². The summed E-state index contributed by atoms with van der Waals surface area (Å²) in [6.07, 6.45) is 2.42. The van der Waals surface area contributed by atoms with Gasteiger partial charge in [0.05, 0.1) is 23.3 Å². The van der Waals surface area contributed by atoms with Crippen LogP contribution in [-0.4, -0.2) is 49.4 Å². The lowest BCUT2D eigenvalue weighted by Crippen LogP contribution is -2.57. The molecule has 0 bridgehead atoms. The third-order valence-corrected chi connectivity index (χ3v) is 7.94. The van der Waals surface area contributed by atoms with E-state index in [0.717, 1.165) is 18.1 Å². The number of nitrogens with zero attached hydrogens (tertiary/aromatic N) is 2. The number of thiophene rings is 1. The molecule has 0 unspecified atom stereocenters. The molecule has 0 amide bonds. The summed E-state index contributed by atoms with van der Waals surface area (Å²) < 4.78 is 29.2. The van der Waals surface area contributed by atoms with Gasteiger partial charge in [-0.25, -0.2) is 13.4 Å². The van der Waals surface area contributed by atoms with Crippen LogP contribution in [0.4, 0.5) is 0 Å². The van der Waals surface area contributed by atoms with Crippen molar-refractivity contribution in [3.8, 4) is 0 Å². The number of nitrogens with one attached hydrogen (secondary N) is 1. The van der Waals surface area contributed by atoms with Crippen LogP contribution in [0.5, 0.6) is 0 Å². The zero-order valence-corrected chi connectivity index (χ0v) is 16.8. The van der Waals surface area contributed by atoms with Crippen molar-refractivity contribution in [3.63, 3.8) is 0 Å². The second kappa shape index (κ2) is 7.84. The van der Waals surface area contributed by atoms with E-state index in [1.54, 1.807) is 31.4 Å². The highest BCUT2D eigenvalue weighted by Gasteiger charge is 2.41. The predicted octanol–water partition coefficient (Wildman–Crippen LogP) is 2.54. The SMILES string of the molecule is CC1(C)CN(C(=NCc2cccs2)NCCc2ccco2)CCS1(=O)=O. The first-order valence-electron chi connectivity index (χ1n) is 8.68.